The summed E-state index contributed by atoms with van der Waals surface area (Å²) in [6.45, 7) is 11.8. The number of ketones is 1. The zero-order valence-electron chi connectivity index (χ0n) is 13.6. The fraction of sp³-hybridized carbons (Fsp3) is 0.941. The average molecular weight is 280 g/mol. The van der Waals surface area contributed by atoms with Crippen LogP contribution in [0.15, 0.2) is 0 Å². The SMILES string of the molecule is CCC1CCN(C2CCN(CC(=O)C(C)C)CC2)CC1. The molecular weight excluding hydrogens is 248 g/mol. The largest absolute Gasteiger partial charge is 0.300 e. The highest BCUT2D eigenvalue weighted by atomic mass is 16.1. The lowest BCUT2D eigenvalue weighted by Gasteiger charge is -2.41. The highest BCUT2D eigenvalue weighted by Gasteiger charge is 2.28. The summed E-state index contributed by atoms with van der Waals surface area (Å²) >= 11 is 0. The van der Waals surface area contributed by atoms with E-state index in [1.54, 1.807) is 0 Å². The van der Waals surface area contributed by atoms with Crippen molar-refractivity contribution < 1.29 is 4.79 Å². The second-order valence-electron chi connectivity index (χ2n) is 7.02. The van der Waals surface area contributed by atoms with Gasteiger partial charge in [0.25, 0.3) is 0 Å². The van der Waals surface area contributed by atoms with E-state index in [1.165, 1.54) is 45.2 Å². The van der Waals surface area contributed by atoms with E-state index < -0.39 is 0 Å². The van der Waals surface area contributed by atoms with Crippen LogP contribution in [-0.2, 0) is 4.79 Å². The maximum Gasteiger partial charge on any atom is 0.149 e. The van der Waals surface area contributed by atoms with E-state index in [-0.39, 0.29) is 5.92 Å². The van der Waals surface area contributed by atoms with Crippen LogP contribution in [0.4, 0.5) is 0 Å². The van der Waals surface area contributed by atoms with Gasteiger partial charge in [0.05, 0.1) is 6.54 Å². The van der Waals surface area contributed by atoms with E-state index in [0.29, 0.717) is 12.3 Å². The smallest absolute Gasteiger partial charge is 0.149 e. The number of piperidine rings is 2. The van der Waals surface area contributed by atoms with Gasteiger partial charge in [0.15, 0.2) is 0 Å². The van der Waals surface area contributed by atoms with Crippen molar-refractivity contribution >= 4 is 5.78 Å². The summed E-state index contributed by atoms with van der Waals surface area (Å²) in [4.78, 5) is 16.9. The van der Waals surface area contributed by atoms with Gasteiger partial charge in [0.1, 0.15) is 5.78 Å². The summed E-state index contributed by atoms with van der Waals surface area (Å²) in [7, 11) is 0. The molecule has 0 aromatic carbocycles. The third kappa shape index (κ3) is 4.29. The van der Waals surface area contributed by atoms with Crippen LogP contribution in [-0.4, -0.2) is 54.3 Å². The molecule has 0 aromatic heterocycles. The Hall–Kier alpha value is -0.410. The first-order valence-corrected chi connectivity index (χ1v) is 8.59. The second kappa shape index (κ2) is 7.56. The minimum atomic E-state index is 0.181. The van der Waals surface area contributed by atoms with Gasteiger partial charge in [0.2, 0.25) is 0 Å². The first kappa shape index (κ1) is 16.0. The average Bonchev–Trinajstić information content (AvgIpc) is 2.48. The van der Waals surface area contributed by atoms with E-state index in [2.05, 4.69) is 16.7 Å². The normalized spacial score (nSPS) is 24.4. The zero-order valence-corrected chi connectivity index (χ0v) is 13.6. The first-order valence-electron chi connectivity index (χ1n) is 8.59. The maximum atomic E-state index is 11.8. The summed E-state index contributed by atoms with van der Waals surface area (Å²) in [6, 6.07) is 0.776. The summed E-state index contributed by atoms with van der Waals surface area (Å²) < 4.78 is 0. The van der Waals surface area contributed by atoms with Crippen molar-refractivity contribution in [1.82, 2.24) is 9.80 Å². The molecule has 0 atom stereocenters. The molecule has 116 valence electrons. The van der Waals surface area contributed by atoms with Gasteiger partial charge >= 0.3 is 0 Å². The Morgan fingerprint density at radius 3 is 2.15 bits per heavy atom. The van der Waals surface area contributed by atoms with Crippen LogP contribution in [0, 0.1) is 11.8 Å². The van der Waals surface area contributed by atoms with E-state index in [4.69, 9.17) is 0 Å². The fourth-order valence-corrected chi connectivity index (χ4v) is 3.57. The maximum absolute atomic E-state index is 11.8. The van der Waals surface area contributed by atoms with Gasteiger partial charge in [-0.2, -0.15) is 0 Å². The summed E-state index contributed by atoms with van der Waals surface area (Å²) in [5.41, 5.74) is 0. The molecule has 0 aromatic rings. The van der Waals surface area contributed by atoms with Gasteiger partial charge in [-0.15, -0.1) is 0 Å². The van der Waals surface area contributed by atoms with E-state index in [0.717, 1.165) is 25.0 Å². The van der Waals surface area contributed by atoms with Crippen molar-refractivity contribution in [3.8, 4) is 0 Å². The predicted octanol–water partition coefficient (Wildman–Crippen LogP) is 2.80. The molecule has 2 fully saturated rings. The summed E-state index contributed by atoms with van der Waals surface area (Å²) in [5.74, 6) is 1.54. The van der Waals surface area contributed by atoms with Crippen LogP contribution in [0.3, 0.4) is 0 Å². The number of Topliss-reactive ketones (excluding diaryl/α,β-unsaturated/α-hetero) is 1. The number of rotatable bonds is 5. The lowest BCUT2D eigenvalue weighted by Crippen LogP contribution is -2.48. The molecule has 0 spiro atoms. The van der Waals surface area contributed by atoms with Crippen LogP contribution in [0.5, 0.6) is 0 Å². The third-order valence-electron chi connectivity index (χ3n) is 5.32. The number of nitrogens with zero attached hydrogens (tertiary/aromatic N) is 2. The quantitative estimate of drug-likeness (QED) is 0.773. The molecule has 0 bridgehead atoms. The molecule has 0 amide bonds. The summed E-state index contributed by atoms with van der Waals surface area (Å²) in [6.07, 6.45) is 6.64. The molecule has 3 nitrogen and oxygen atoms in total. The highest BCUT2D eigenvalue weighted by molar-refractivity contribution is 5.82. The van der Waals surface area contributed by atoms with E-state index >= 15 is 0 Å². The molecule has 0 unspecified atom stereocenters. The summed E-state index contributed by atoms with van der Waals surface area (Å²) in [5, 5.41) is 0. The molecule has 20 heavy (non-hydrogen) atoms. The lowest BCUT2D eigenvalue weighted by molar-refractivity contribution is -0.123. The van der Waals surface area contributed by atoms with Crippen molar-refractivity contribution in [3.05, 3.63) is 0 Å². The van der Waals surface area contributed by atoms with E-state index in [9.17, 15) is 4.79 Å². The standard InChI is InChI=1S/C17H32N2O/c1-4-15-5-11-19(12-6-15)16-7-9-18(10-8-16)13-17(20)14(2)3/h14-16H,4-13H2,1-3H3. The minimum Gasteiger partial charge on any atom is -0.300 e. The molecule has 2 aliphatic heterocycles. The number of hydrogen-bond donors (Lipinski definition) is 0. The fourth-order valence-electron chi connectivity index (χ4n) is 3.57. The van der Waals surface area contributed by atoms with Gasteiger partial charge in [0, 0.05) is 25.0 Å². The number of carbonyl (C=O) groups is 1. The van der Waals surface area contributed by atoms with Crippen LogP contribution in [0.2, 0.25) is 0 Å². The Morgan fingerprint density at radius 2 is 1.65 bits per heavy atom. The molecule has 2 aliphatic rings. The molecule has 0 aliphatic carbocycles. The number of carbonyl (C=O) groups excluding carboxylic acids is 1. The van der Waals surface area contributed by atoms with Crippen LogP contribution in [0.25, 0.3) is 0 Å². The molecule has 0 radical (unpaired) electrons. The van der Waals surface area contributed by atoms with Crippen molar-refractivity contribution in [2.45, 2.75) is 58.9 Å². The van der Waals surface area contributed by atoms with Crippen LogP contribution >= 0.6 is 0 Å². The molecule has 3 heteroatoms. The zero-order chi connectivity index (χ0) is 14.5. The van der Waals surface area contributed by atoms with Crippen molar-refractivity contribution in [2.24, 2.45) is 11.8 Å². The number of likely N-dealkylation sites (tertiary alicyclic amines) is 2. The minimum absolute atomic E-state index is 0.181. The second-order valence-corrected chi connectivity index (χ2v) is 7.02. The lowest BCUT2D eigenvalue weighted by atomic mass is 9.92. The molecule has 0 N–H and O–H groups in total. The highest BCUT2D eigenvalue weighted by Crippen LogP contribution is 2.25. The van der Waals surface area contributed by atoms with Gasteiger partial charge in [-0.1, -0.05) is 27.2 Å². The predicted molar refractivity (Wildman–Crippen MR) is 83.9 cm³/mol. The van der Waals surface area contributed by atoms with E-state index in [1.807, 2.05) is 13.8 Å². The van der Waals surface area contributed by atoms with Crippen molar-refractivity contribution in [2.75, 3.05) is 32.7 Å². The molecule has 2 saturated heterocycles. The topological polar surface area (TPSA) is 23.6 Å². The Morgan fingerprint density at radius 1 is 1.05 bits per heavy atom. The van der Waals surface area contributed by atoms with Gasteiger partial charge in [-0.3, -0.25) is 9.69 Å². The van der Waals surface area contributed by atoms with Gasteiger partial charge in [-0.25, -0.2) is 0 Å². The molecular formula is C17H32N2O. The molecule has 2 heterocycles. The molecule has 2 rings (SSSR count). The Labute approximate surface area is 124 Å². The monoisotopic (exact) mass is 280 g/mol. The Bertz CT molecular complexity index is 300. The third-order valence-corrected chi connectivity index (χ3v) is 5.32. The molecule has 0 saturated carbocycles. The Balaban J connectivity index is 1.70. The number of hydrogen-bond acceptors (Lipinski definition) is 3. The van der Waals surface area contributed by atoms with Crippen molar-refractivity contribution in [1.29, 1.82) is 0 Å². The van der Waals surface area contributed by atoms with Crippen molar-refractivity contribution in [3.63, 3.8) is 0 Å². The van der Waals surface area contributed by atoms with Gasteiger partial charge in [-0.05, 0) is 44.7 Å². The van der Waals surface area contributed by atoms with Crippen LogP contribution < -0.4 is 0 Å². The van der Waals surface area contributed by atoms with Gasteiger partial charge < -0.3 is 4.90 Å². The first-order chi connectivity index (χ1) is 9.60. The Kier molecular flexibility index (Phi) is 6.03. The van der Waals surface area contributed by atoms with Crippen LogP contribution in [0.1, 0.15) is 52.9 Å².